The summed E-state index contributed by atoms with van der Waals surface area (Å²) in [4.78, 5) is 4.58. The fourth-order valence-corrected chi connectivity index (χ4v) is 2.19. The van der Waals surface area contributed by atoms with Crippen LogP contribution in [0.3, 0.4) is 0 Å². The van der Waals surface area contributed by atoms with Crippen molar-refractivity contribution >= 4 is 16.6 Å². The van der Waals surface area contributed by atoms with Gasteiger partial charge >= 0.3 is 0 Å². The maximum absolute atomic E-state index is 10.0. The fourth-order valence-electron chi connectivity index (χ4n) is 2.19. The zero-order chi connectivity index (χ0) is 11.8. The molecule has 3 heteroatoms. The first-order valence-corrected chi connectivity index (χ1v) is 5.85. The molecule has 3 nitrogen and oxygen atoms in total. The average Bonchev–Trinajstić information content (AvgIpc) is 2.86. The quantitative estimate of drug-likeness (QED) is 0.729. The highest BCUT2D eigenvalue weighted by molar-refractivity contribution is 5.79. The summed E-state index contributed by atoms with van der Waals surface area (Å²) >= 11 is 0. The van der Waals surface area contributed by atoms with Crippen LogP contribution in [0.25, 0.3) is 16.6 Å². The van der Waals surface area contributed by atoms with Crippen LogP contribution < -0.4 is 0 Å². The van der Waals surface area contributed by atoms with Gasteiger partial charge in [-0.1, -0.05) is 19.1 Å². The van der Waals surface area contributed by atoms with Crippen molar-refractivity contribution in [1.29, 1.82) is 0 Å². The summed E-state index contributed by atoms with van der Waals surface area (Å²) in [5.41, 5.74) is 3.73. The van der Waals surface area contributed by atoms with Crippen molar-refractivity contribution in [3.63, 3.8) is 0 Å². The molecule has 0 radical (unpaired) electrons. The second-order valence-corrected chi connectivity index (χ2v) is 4.17. The number of fused-ring (bicyclic) bond motifs is 3. The zero-order valence-corrected chi connectivity index (χ0v) is 9.67. The normalized spacial score (nSPS) is 13.3. The number of benzene rings is 1. The van der Waals surface area contributed by atoms with Crippen LogP contribution in [0.2, 0.25) is 0 Å². The molecule has 0 aliphatic rings. The number of para-hydroxylation sites is 2. The van der Waals surface area contributed by atoms with E-state index in [1.54, 1.807) is 0 Å². The molecule has 1 N–H and O–H groups in total. The molecule has 2 heterocycles. The molecule has 0 aliphatic heterocycles. The number of hydrogen-bond donors (Lipinski definition) is 1. The molecular formula is C14H14N2O. The Labute approximate surface area is 99.3 Å². The van der Waals surface area contributed by atoms with Gasteiger partial charge in [0.1, 0.15) is 0 Å². The third-order valence-electron chi connectivity index (χ3n) is 3.10. The minimum Gasteiger partial charge on any atom is -0.387 e. The highest BCUT2D eigenvalue weighted by atomic mass is 16.3. The Morgan fingerprint density at radius 2 is 1.94 bits per heavy atom. The molecule has 0 aliphatic carbocycles. The van der Waals surface area contributed by atoms with E-state index in [1.165, 1.54) is 0 Å². The molecule has 0 fully saturated rings. The van der Waals surface area contributed by atoms with E-state index in [4.69, 9.17) is 0 Å². The highest BCUT2D eigenvalue weighted by Crippen LogP contribution is 2.24. The van der Waals surface area contributed by atoms with Gasteiger partial charge < -0.3 is 9.51 Å². The van der Waals surface area contributed by atoms with Crippen molar-refractivity contribution in [2.24, 2.45) is 0 Å². The van der Waals surface area contributed by atoms with Crippen LogP contribution in [0.5, 0.6) is 0 Å². The van der Waals surface area contributed by atoms with Gasteiger partial charge in [-0.2, -0.15) is 0 Å². The van der Waals surface area contributed by atoms with Crippen molar-refractivity contribution in [2.75, 3.05) is 0 Å². The molecule has 0 saturated carbocycles. The van der Waals surface area contributed by atoms with E-state index in [0.29, 0.717) is 6.42 Å². The lowest BCUT2D eigenvalue weighted by molar-refractivity contribution is 0.170. The van der Waals surface area contributed by atoms with Crippen LogP contribution >= 0.6 is 0 Å². The number of hydrogen-bond acceptors (Lipinski definition) is 2. The number of nitrogens with zero attached hydrogens (tertiary/aromatic N) is 2. The lowest BCUT2D eigenvalue weighted by Gasteiger charge is -2.12. The predicted octanol–water partition coefficient (Wildman–Crippen LogP) is 2.93. The molecule has 2 aromatic heterocycles. The van der Waals surface area contributed by atoms with Gasteiger partial charge in [0, 0.05) is 6.20 Å². The monoisotopic (exact) mass is 226 g/mol. The third kappa shape index (κ3) is 1.51. The van der Waals surface area contributed by atoms with Crippen LogP contribution in [0.15, 0.2) is 42.6 Å². The van der Waals surface area contributed by atoms with Gasteiger partial charge in [0.25, 0.3) is 0 Å². The van der Waals surface area contributed by atoms with Gasteiger partial charge in [-0.3, -0.25) is 0 Å². The highest BCUT2D eigenvalue weighted by Gasteiger charge is 2.13. The second-order valence-electron chi connectivity index (χ2n) is 4.17. The Kier molecular flexibility index (Phi) is 2.34. The SMILES string of the molecule is CCC(O)c1nc2ccccc2n2cccc12. The summed E-state index contributed by atoms with van der Waals surface area (Å²) in [6, 6.07) is 12.0. The van der Waals surface area contributed by atoms with Crippen molar-refractivity contribution in [1.82, 2.24) is 9.38 Å². The van der Waals surface area contributed by atoms with Crippen molar-refractivity contribution < 1.29 is 5.11 Å². The molecule has 1 unspecified atom stereocenters. The summed E-state index contributed by atoms with van der Waals surface area (Å²) in [6.45, 7) is 1.96. The largest absolute Gasteiger partial charge is 0.387 e. The number of aliphatic hydroxyl groups excluding tert-OH is 1. The summed E-state index contributed by atoms with van der Waals surface area (Å²) in [5.74, 6) is 0. The summed E-state index contributed by atoms with van der Waals surface area (Å²) in [5, 5.41) is 10.0. The van der Waals surface area contributed by atoms with Gasteiger partial charge in [-0.15, -0.1) is 0 Å². The Morgan fingerprint density at radius 1 is 1.18 bits per heavy atom. The standard InChI is InChI=1S/C14H14N2O/c1-2-13(17)14-12-8-5-9-16(12)11-7-4-3-6-10(11)15-14/h3-9,13,17H,2H2,1H3. The maximum atomic E-state index is 10.0. The summed E-state index contributed by atoms with van der Waals surface area (Å²) < 4.78 is 2.08. The Bertz CT molecular complexity index is 672. The number of aliphatic hydroxyl groups is 1. The second kappa shape index (κ2) is 3.86. The fraction of sp³-hybridized carbons (Fsp3) is 0.214. The van der Waals surface area contributed by atoms with Crippen molar-refractivity contribution in [2.45, 2.75) is 19.4 Å². The van der Waals surface area contributed by atoms with E-state index < -0.39 is 6.10 Å². The first kappa shape index (κ1) is 10.3. The Hall–Kier alpha value is -1.87. The molecule has 0 saturated heterocycles. The van der Waals surface area contributed by atoms with Gasteiger partial charge in [-0.25, -0.2) is 4.98 Å². The molecule has 3 rings (SSSR count). The molecule has 3 aromatic rings. The van der Waals surface area contributed by atoms with Crippen molar-refractivity contribution in [3.8, 4) is 0 Å². The van der Waals surface area contributed by atoms with Crippen LogP contribution in [-0.2, 0) is 0 Å². The topological polar surface area (TPSA) is 37.5 Å². The van der Waals surface area contributed by atoms with Gasteiger partial charge in [0.2, 0.25) is 0 Å². The molecular weight excluding hydrogens is 212 g/mol. The number of aromatic nitrogens is 2. The molecule has 1 atom stereocenters. The van der Waals surface area contributed by atoms with E-state index in [-0.39, 0.29) is 0 Å². The minimum absolute atomic E-state index is 0.503. The van der Waals surface area contributed by atoms with Crippen LogP contribution in [0.4, 0.5) is 0 Å². The molecule has 0 amide bonds. The molecule has 0 spiro atoms. The minimum atomic E-state index is -0.503. The lowest BCUT2D eigenvalue weighted by atomic mass is 10.1. The number of rotatable bonds is 2. The maximum Gasteiger partial charge on any atom is 0.0978 e. The molecule has 86 valence electrons. The third-order valence-corrected chi connectivity index (χ3v) is 3.10. The van der Waals surface area contributed by atoms with Crippen LogP contribution in [0, 0.1) is 0 Å². The summed E-state index contributed by atoms with van der Waals surface area (Å²) in [6.07, 6.45) is 2.18. The van der Waals surface area contributed by atoms with Gasteiger partial charge in [0.15, 0.2) is 0 Å². The van der Waals surface area contributed by atoms with Crippen molar-refractivity contribution in [3.05, 3.63) is 48.3 Å². The Morgan fingerprint density at radius 3 is 2.76 bits per heavy atom. The van der Waals surface area contributed by atoms with E-state index in [0.717, 1.165) is 22.2 Å². The first-order valence-electron chi connectivity index (χ1n) is 5.85. The predicted molar refractivity (Wildman–Crippen MR) is 67.9 cm³/mol. The lowest BCUT2D eigenvalue weighted by Crippen LogP contribution is -2.03. The smallest absolute Gasteiger partial charge is 0.0978 e. The molecule has 1 aromatic carbocycles. The van der Waals surface area contributed by atoms with E-state index in [1.807, 2.05) is 49.5 Å². The zero-order valence-electron chi connectivity index (χ0n) is 9.67. The van der Waals surface area contributed by atoms with E-state index in [9.17, 15) is 5.11 Å². The Balaban J connectivity index is 2.43. The first-order chi connectivity index (χ1) is 8.31. The molecule has 0 bridgehead atoms. The average molecular weight is 226 g/mol. The van der Waals surface area contributed by atoms with E-state index >= 15 is 0 Å². The van der Waals surface area contributed by atoms with Crippen LogP contribution in [-0.4, -0.2) is 14.5 Å². The van der Waals surface area contributed by atoms with Crippen LogP contribution in [0.1, 0.15) is 25.1 Å². The molecule has 17 heavy (non-hydrogen) atoms. The van der Waals surface area contributed by atoms with Gasteiger partial charge in [-0.05, 0) is 30.7 Å². The van der Waals surface area contributed by atoms with E-state index in [2.05, 4.69) is 9.38 Å². The summed E-state index contributed by atoms with van der Waals surface area (Å²) in [7, 11) is 0. The van der Waals surface area contributed by atoms with Gasteiger partial charge in [0.05, 0.1) is 28.3 Å².